The topological polar surface area (TPSA) is 568 Å². The number of aliphatic hydroxyl groups excluding tert-OH is 11. The molecule has 640 valence electrons. The molecular weight excluding hydrogens is 1550 g/mol. The number of nitrogens with zero attached hydrogens (tertiary/aromatic N) is 4. The first-order chi connectivity index (χ1) is 54.5. The largest absolute Gasteiger partial charge is 0.673 e. The van der Waals surface area contributed by atoms with Crippen molar-refractivity contribution in [2.75, 3.05) is 96.2 Å². The number of carboxylic acid groups (broad SMARTS) is 2. The average Bonchev–Trinajstić information content (AvgIpc) is 1.49. The van der Waals surface area contributed by atoms with E-state index in [4.69, 9.17) is 24.9 Å². The number of carbonyl (C=O) groups is 8. The number of anilines is 1. The Morgan fingerprint density at radius 2 is 1.37 bits per heavy atom. The number of aromatic amines is 1. The van der Waals surface area contributed by atoms with Crippen molar-refractivity contribution in [1.29, 1.82) is 5.53 Å². The molecule has 0 radical (unpaired) electrons. The normalized spacial score (nSPS) is 27.9. The van der Waals surface area contributed by atoms with Crippen molar-refractivity contribution in [3.63, 3.8) is 0 Å². The number of rotatable bonds is 42. The zero-order valence-electron chi connectivity index (χ0n) is 65.5. The lowest BCUT2D eigenvalue weighted by atomic mass is 9.50. The van der Waals surface area contributed by atoms with Gasteiger partial charge in [0.1, 0.15) is 67.2 Å². The van der Waals surface area contributed by atoms with Crippen LogP contribution in [-0.4, -0.2) is 325 Å². The van der Waals surface area contributed by atoms with Crippen LogP contribution in [-0.2, 0) is 60.4 Å². The van der Waals surface area contributed by atoms with Gasteiger partial charge in [-0.2, -0.15) is 9.63 Å². The van der Waals surface area contributed by atoms with E-state index in [1.165, 1.54) is 5.56 Å². The summed E-state index contributed by atoms with van der Waals surface area (Å²) >= 11 is 0. The molecule has 1 aromatic heterocycles. The number of likely N-dealkylation sites (N-methyl/N-ethyl adjacent to an activating group) is 1. The van der Waals surface area contributed by atoms with Crippen LogP contribution in [0.15, 0.2) is 48.6 Å². The molecule has 2 bridgehead atoms. The van der Waals surface area contributed by atoms with E-state index in [0.29, 0.717) is 63.2 Å². The number of amides is 5. The maximum absolute atomic E-state index is 14.3. The Labute approximate surface area is 673 Å². The minimum atomic E-state index is -2.70. The molecule has 22 atom stereocenters. The van der Waals surface area contributed by atoms with Crippen LogP contribution in [0.2, 0.25) is 0 Å². The molecule has 3 aromatic rings. The quantitative estimate of drug-likeness (QED) is 0.00598. The number of aliphatic carboxylic acids is 2. The zero-order chi connectivity index (χ0) is 84.4. The molecule has 1 saturated carbocycles. The van der Waals surface area contributed by atoms with Crippen LogP contribution in [0.3, 0.4) is 0 Å². The molecule has 1 unspecified atom stereocenters. The van der Waals surface area contributed by atoms with Crippen molar-refractivity contribution in [2.45, 2.75) is 219 Å². The molecule has 1 spiro atoms. The van der Waals surface area contributed by atoms with Gasteiger partial charge in [0.05, 0.1) is 44.2 Å². The second-order valence-corrected chi connectivity index (χ2v) is 34.4. The van der Waals surface area contributed by atoms with E-state index >= 15 is 0 Å². The Hall–Kier alpha value is -7.22. The fraction of sp³-hybridized carbons (Fsp3) is 0.688. The van der Waals surface area contributed by atoms with Gasteiger partial charge in [0.25, 0.3) is 0 Å². The molecule has 5 aliphatic heterocycles. The summed E-state index contributed by atoms with van der Waals surface area (Å²) in [6, 6.07) is 7.52. The molecule has 6 aliphatic rings. The Bertz CT molecular complexity index is 4000. The van der Waals surface area contributed by atoms with Crippen molar-refractivity contribution in [1.82, 2.24) is 36.1 Å². The number of hydrogen-bond acceptors (Lipinski definition) is 30. The van der Waals surface area contributed by atoms with Gasteiger partial charge in [-0.15, -0.1) is 0 Å². The molecule has 2 aromatic carbocycles. The number of aromatic nitrogens is 1. The van der Waals surface area contributed by atoms with Gasteiger partial charge in [0.15, 0.2) is 5.78 Å². The van der Waals surface area contributed by atoms with Crippen LogP contribution in [0, 0.1) is 28.7 Å². The number of benzene rings is 2. The number of hydrogen-bond donors (Lipinski definition) is 21. The number of fused-ring (bicyclic) bond motifs is 6. The molecule has 5 amide bonds. The number of carbonyl (C=O) groups excluding carboxylic acids is 6. The fourth-order valence-electron chi connectivity index (χ4n) is 18.4. The van der Waals surface area contributed by atoms with E-state index in [0.717, 1.165) is 68.8 Å². The minimum absolute atomic E-state index is 0.000149. The number of methoxy groups -OCH3 is 1. The third kappa shape index (κ3) is 19.7. The number of ketones is 1. The standard InChI is InChI=1S/C77H114N10O26S2/c1-7-42(15-18-58(95)79-34-53(91)61(99)63(101)55(93)37-88)66(103)82-49(17-20-60(97)98)52(90)29-43(16-19-59(96)80-35-54(92)62(100)64(102)56(94)38-89)67(104)83-50(68(105)106)39-115-114-28-27-112-72(108)87(78)113-77(110)70-76(23-26-86-24-12-22-75(9-3,69(76)86)71(77)107)46-30-47(57(111-6)31-51(46)84(70)5)73(4)32-41-33-74(109,8-2)40-85(36-41)25-21-45-44-13-10-11-14-48(44)81-65(45)73/h10-14,22,30-31,41-43,49-50,53-56,61-64,69-71,78,81,88-89,91-94,99-102,107,109-110H,7-9,15-21,23-29,32-40H2,1-6H3,(H5-,79,80,82,83,95,96,97,98,103,104,105,106)/p+1/t41-,42-,43+,49-,50-,53-,54-,55+,56+,61+,62+,63+,64+,69-,70+,71+,73+,74-,75+,76+,77+/m0/s1. The minimum Gasteiger partial charge on any atom is -0.496 e. The van der Waals surface area contributed by atoms with Gasteiger partial charge in [-0.05, 0) is 107 Å². The second-order valence-electron chi connectivity index (χ2n) is 31.7. The van der Waals surface area contributed by atoms with E-state index in [9.17, 15) is 110 Å². The molecule has 9 rings (SSSR count). The number of hydroxylamine groups is 1. The summed E-state index contributed by atoms with van der Waals surface area (Å²) in [5.74, 6) is -12.7. The van der Waals surface area contributed by atoms with Crippen LogP contribution in [0.25, 0.3) is 10.9 Å². The molecule has 3 fully saturated rings. The Balaban J connectivity index is 0.877. The van der Waals surface area contributed by atoms with Gasteiger partial charge in [-0.1, -0.05) is 72.7 Å². The van der Waals surface area contributed by atoms with E-state index in [-0.39, 0.29) is 35.8 Å². The Morgan fingerprint density at radius 3 is 1.97 bits per heavy atom. The Kier molecular flexibility index (Phi) is 31.2. The third-order valence-electron chi connectivity index (χ3n) is 24.5. The predicted molar refractivity (Wildman–Crippen MR) is 415 cm³/mol. The number of ether oxygens (including phenoxy) is 2. The molecule has 21 N–H and O–H groups in total. The number of H-pyrrole nitrogens is 1. The monoisotopic (exact) mass is 1660 g/mol. The number of aliphatic hydroxyl groups is 13. The van der Waals surface area contributed by atoms with Crippen LogP contribution in [0.4, 0.5) is 10.5 Å². The van der Waals surface area contributed by atoms with Gasteiger partial charge in [-0.25, -0.2) is 4.79 Å². The molecule has 115 heavy (non-hydrogen) atoms. The summed E-state index contributed by atoms with van der Waals surface area (Å²) < 4.78 is 12.0. The van der Waals surface area contributed by atoms with Gasteiger partial charge in [0.2, 0.25) is 28.5 Å². The van der Waals surface area contributed by atoms with E-state index in [1.54, 1.807) is 21.1 Å². The SMILES string of the molecule is CC[C@@H](CCC(=O)NC[C@H](O)[C@@H](O)[C@H](O)[C@H](O)CO)C(=O)N[C@@H](CCC(=O)O)C(=O)C[C@@H](CCC(=O)NC[C@H](O)[C@@H](O)[C@H](O)[C@H](O)CO)C(=O)N[C@@H](CSSCCOC(=O)[N+](=N)O[C@@]1(O)[C@H](O)[C@]2(CC)C=CCN3CC[C@@]4(c5cc([C@@]6(C)C[C@@H]7CN(CCc8c6[nH]c6ccccc86)C[C@](O)(CC)C7)c(OC)cc5N(C)[C@@H]14)[C@@H]32)C(=O)O. The second kappa shape index (κ2) is 39.1. The number of nitrogens with one attached hydrogen (secondary N) is 6. The summed E-state index contributed by atoms with van der Waals surface area (Å²) in [6.07, 6.45) is -15.2. The molecule has 38 heteroatoms. The maximum atomic E-state index is 14.3. The van der Waals surface area contributed by atoms with Crippen LogP contribution < -0.4 is 30.9 Å². The summed E-state index contributed by atoms with van der Waals surface area (Å²) in [7, 11) is 5.27. The summed E-state index contributed by atoms with van der Waals surface area (Å²) in [4.78, 5) is 124. The van der Waals surface area contributed by atoms with Crippen molar-refractivity contribution in [2.24, 2.45) is 23.2 Å². The molecule has 6 heterocycles. The number of Topliss-reactive ketones (excluding diaryl/α,β-unsaturated/α-hetero) is 1. The highest BCUT2D eigenvalue weighted by atomic mass is 33.1. The first-order valence-electron chi connectivity index (χ1n) is 39.2. The lowest BCUT2D eigenvalue weighted by molar-refractivity contribution is -0.827. The maximum Gasteiger partial charge on any atom is 0.673 e. The average molecular weight is 1660 g/mol. The van der Waals surface area contributed by atoms with Gasteiger partial charge in [-0.3, -0.25) is 38.6 Å². The van der Waals surface area contributed by atoms with Crippen molar-refractivity contribution >= 4 is 85.6 Å². The summed E-state index contributed by atoms with van der Waals surface area (Å²) in [5.41, 5.74) is 10.8. The zero-order valence-corrected chi connectivity index (χ0v) is 67.2. The molecule has 2 saturated heterocycles. The van der Waals surface area contributed by atoms with Crippen molar-refractivity contribution < 1.29 is 134 Å². The number of piperidine rings is 1. The third-order valence-corrected chi connectivity index (χ3v) is 26.9. The van der Waals surface area contributed by atoms with Gasteiger partial charge < -0.3 is 117 Å². The molecule has 1 aliphatic carbocycles. The lowest BCUT2D eigenvalue weighted by Gasteiger charge is -2.61. The Morgan fingerprint density at radius 1 is 0.757 bits per heavy atom. The number of para-hydroxylation sites is 1. The first-order valence-corrected chi connectivity index (χ1v) is 41.7. The predicted octanol–water partition coefficient (Wildman–Crippen LogP) is -1.27. The molecule has 36 nitrogen and oxygen atoms in total. The van der Waals surface area contributed by atoms with Gasteiger partial charge >= 0.3 is 23.8 Å². The van der Waals surface area contributed by atoms with Crippen molar-refractivity contribution in [3.05, 3.63) is 70.9 Å². The van der Waals surface area contributed by atoms with Crippen molar-refractivity contribution in [3.8, 4) is 5.75 Å². The highest BCUT2D eigenvalue weighted by Gasteiger charge is 2.80. The van der Waals surface area contributed by atoms with E-state index in [2.05, 4.69) is 61.2 Å². The van der Waals surface area contributed by atoms with E-state index < -0.39 is 237 Å². The smallest absolute Gasteiger partial charge is 0.496 e. The highest BCUT2D eigenvalue weighted by molar-refractivity contribution is 8.76. The highest BCUT2D eigenvalue weighted by Crippen LogP contribution is 2.68. The first kappa shape index (κ1) is 91.7. The molecular formula is C77H115N10O26S2+. The summed E-state index contributed by atoms with van der Waals surface area (Å²) in [5, 5.41) is 168. The summed E-state index contributed by atoms with van der Waals surface area (Å²) in [6.45, 7) is 7.22. The fourth-order valence-corrected chi connectivity index (χ4v) is 20.4. The van der Waals surface area contributed by atoms with E-state index in [1.807, 2.05) is 49.1 Å². The van der Waals surface area contributed by atoms with Crippen LogP contribution in [0.5, 0.6) is 5.75 Å². The van der Waals surface area contributed by atoms with Crippen LogP contribution >= 0.6 is 21.6 Å². The lowest BCUT2D eigenvalue weighted by Crippen LogP contribution is -2.79. The number of carboxylic acids is 2. The van der Waals surface area contributed by atoms with Gasteiger partial charge in [0, 0.05) is 157 Å². The van der Waals surface area contributed by atoms with Crippen LogP contribution in [0.1, 0.15) is 134 Å².